The number of rotatable bonds is 3. The average Bonchev–Trinajstić information content (AvgIpc) is 3.51. The number of imidazole rings is 1. The number of hydrogen-bond donors (Lipinski definition) is 0. The highest BCUT2D eigenvalue weighted by atomic mass is 16.2. The van der Waals surface area contributed by atoms with Crippen molar-refractivity contribution in [3.8, 4) is 5.69 Å². The maximum Gasteiger partial charge on any atom is 0.256 e. The number of para-hydroxylation sites is 1. The minimum Gasteiger partial charge on any atom is -0.345 e. The van der Waals surface area contributed by atoms with Crippen molar-refractivity contribution in [1.82, 2.24) is 34.3 Å². The first kappa shape index (κ1) is 18.1. The van der Waals surface area contributed by atoms with Crippen LogP contribution in [0.5, 0.6) is 0 Å². The van der Waals surface area contributed by atoms with Crippen molar-refractivity contribution in [3.05, 3.63) is 66.6 Å². The van der Waals surface area contributed by atoms with E-state index in [1.165, 1.54) is 4.80 Å². The van der Waals surface area contributed by atoms with Gasteiger partial charge in [0.05, 0.1) is 29.8 Å². The molecule has 2 fully saturated rings. The van der Waals surface area contributed by atoms with E-state index < -0.39 is 0 Å². The number of aromatic nitrogens is 6. The summed E-state index contributed by atoms with van der Waals surface area (Å²) < 4.78 is 2.08. The summed E-state index contributed by atoms with van der Waals surface area (Å²) >= 11 is 0. The van der Waals surface area contributed by atoms with Gasteiger partial charge in [-0.2, -0.15) is 15.0 Å². The van der Waals surface area contributed by atoms with Gasteiger partial charge >= 0.3 is 0 Å². The molecule has 9 nitrogen and oxygen atoms in total. The van der Waals surface area contributed by atoms with Crippen molar-refractivity contribution < 1.29 is 4.79 Å². The molecule has 2 aliphatic heterocycles. The highest BCUT2D eigenvalue weighted by Gasteiger charge is 2.43. The van der Waals surface area contributed by atoms with Crippen LogP contribution in [0.3, 0.4) is 0 Å². The number of anilines is 1. The third-order valence-electron chi connectivity index (χ3n) is 6.39. The predicted octanol–water partition coefficient (Wildman–Crippen LogP) is 2.11. The van der Waals surface area contributed by atoms with Crippen LogP contribution in [0.1, 0.15) is 29.0 Å². The zero-order valence-corrected chi connectivity index (χ0v) is 17.2. The molecule has 5 heterocycles. The van der Waals surface area contributed by atoms with E-state index in [0.29, 0.717) is 24.3 Å². The van der Waals surface area contributed by atoms with Gasteiger partial charge in [-0.1, -0.05) is 12.1 Å². The van der Waals surface area contributed by atoms with Gasteiger partial charge in [-0.05, 0) is 31.9 Å². The minimum absolute atomic E-state index is 0.0250. The topological polar surface area (TPSA) is 84.5 Å². The summed E-state index contributed by atoms with van der Waals surface area (Å²) in [5, 5.41) is 8.42. The maximum atomic E-state index is 13.5. The fourth-order valence-electron chi connectivity index (χ4n) is 5.02. The second-order valence-corrected chi connectivity index (χ2v) is 8.15. The molecule has 31 heavy (non-hydrogen) atoms. The van der Waals surface area contributed by atoms with Crippen molar-refractivity contribution >= 4 is 17.2 Å². The lowest BCUT2D eigenvalue weighted by molar-refractivity contribution is 0.0717. The molecule has 2 atom stereocenters. The van der Waals surface area contributed by atoms with Gasteiger partial charge in [0.2, 0.25) is 0 Å². The van der Waals surface area contributed by atoms with Crippen molar-refractivity contribution in [2.24, 2.45) is 0 Å². The number of hydrogen-bond acceptors (Lipinski definition) is 6. The predicted molar refractivity (Wildman–Crippen MR) is 114 cm³/mol. The molecule has 2 bridgehead atoms. The Morgan fingerprint density at radius 1 is 1.03 bits per heavy atom. The number of likely N-dealkylation sites (tertiary alicyclic amines) is 1. The molecule has 6 rings (SSSR count). The number of benzene rings is 1. The van der Waals surface area contributed by atoms with Crippen LogP contribution in [0.25, 0.3) is 11.2 Å². The first-order chi connectivity index (χ1) is 15.2. The molecule has 1 aromatic carbocycles. The smallest absolute Gasteiger partial charge is 0.256 e. The van der Waals surface area contributed by atoms with Crippen LogP contribution in [-0.2, 0) is 0 Å². The van der Waals surface area contributed by atoms with Gasteiger partial charge in [0.15, 0.2) is 5.82 Å². The second kappa shape index (κ2) is 6.90. The van der Waals surface area contributed by atoms with E-state index >= 15 is 0 Å². The van der Waals surface area contributed by atoms with Gasteiger partial charge in [-0.15, -0.1) is 0 Å². The Bertz CT molecular complexity index is 1250. The number of piperazine rings is 1. The van der Waals surface area contributed by atoms with Gasteiger partial charge in [-0.3, -0.25) is 14.2 Å². The molecular weight excluding hydrogens is 392 g/mol. The zero-order chi connectivity index (χ0) is 20.9. The normalized spacial score (nSPS) is 20.5. The first-order valence-electron chi connectivity index (χ1n) is 10.5. The second-order valence-electron chi connectivity index (χ2n) is 8.15. The fourth-order valence-corrected chi connectivity index (χ4v) is 5.02. The van der Waals surface area contributed by atoms with Gasteiger partial charge in [-0.25, -0.2) is 4.98 Å². The van der Waals surface area contributed by atoms with Crippen LogP contribution in [0.15, 0.2) is 55.2 Å². The van der Waals surface area contributed by atoms with E-state index in [9.17, 15) is 4.79 Å². The monoisotopic (exact) mass is 414 g/mol. The number of fused-ring (bicyclic) bond motifs is 3. The Labute approximate surface area is 178 Å². The summed E-state index contributed by atoms with van der Waals surface area (Å²) in [6.45, 7) is 3.36. The van der Waals surface area contributed by atoms with E-state index in [-0.39, 0.29) is 18.0 Å². The highest BCUT2D eigenvalue weighted by molar-refractivity contribution is 5.98. The molecule has 0 N–H and O–H groups in total. The summed E-state index contributed by atoms with van der Waals surface area (Å²) in [5.41, 5.74) is 2.35. The Hall–Kier alpha value is -3.75. The van der Waals surface area contributed by atoms with Crippen LogP contribution < -0.4 is 4.90 Å². The van der Waals surface area contributed by atoms with Crippen molar-refractivity contribution in [2.75, 3.05) is 18.0 Å². The summed E-state index contributed by atoms with van der Waals surface area (Å²) in [7, 11) is 0. The van der Waals surface area contributed by atoms with Crippen LogP contribution in [-0.4, -0.2) is 65.3 Å². The largest absolute Gasteiger partial charge is 0.345 e. The van der Waals surface area contributed by atoms with Crippen molar-refractivity contribution in [3.63, 3.8) is 0 Å². The molecular formula is C22H22N8O. The van der Waals surface area contributed by atoms with Gasteiger partial charge in [0.1, 0.15) is 11.3 Å². The summed E-state index contributed by atoms with van der Waals surface area (Å²) in [6.07, 6.45) is 10.9. The number of aryl methyl sites for hydroxylation is 1. The summed E-state index contributed by atoms with van der Waals surface area (Å²) in [6, 6.07) is 8.01. The molecule has 0 radical (unpaired) electrons. The number of carbonyl (C=O) groups is 1. The van der Waals surface area contributed by atoms with Crippen LogP contribution in [0.4, 0.5) is 5.82 Å². The SMILES string of the molecule is Cc1nc(N2C3CCC2CN(C(=O)c2ccccc2-n2nccn2)C3)c2cnccn12. The number of nitrogens with zero attached hydrogens (tertiary/aromatic N) is 8. The first-order valence-corrected chi connectivity index (χ1v) is 10.5. The van der Waals surface area contributed by atoms with Crippen LogP contribution in [0, 0.1) is 6.92 Å². The lowest BCUT2D eigenvalue weighted by Crippen LogP contribution is -2.55. The molecule has 0 spiro atoms. The van der Waals surface area contributed by atoms with Gasteiger partial charge in [0.25, 0.3) is 5.91 Å². The molecule has 0 saturated carbocycles. The Morgan fingerprint density at radius 2 is 1.77 bits per heavy atom. The lowest BCUT2D eigenvalue weighted by Gasteiger charge is -2.41. The molecule has 0 aliphatic carbocycles. The van der Waals surface area contributed by atoms with E-state index in [0.717, 1.165) is 30.0 Å². The molecule has 2 aliphatic rings. The number of carbonyl (C=O) groups excluding carboxylic acids is 1. The third-order valence-corrected chi connectivity index (χ3v) is 6.39. The summed E-state index contributed by atoms with van der Waals surface area (Å²) in [5.74, 6) is 1.95. The van der Waals surface area contributed by atoms with E-state index in [2.05, 4.69) is 24.5 Å². The Morgan fingerprint density at radius 3 is 2.55 bits per heavy atom. The molecule has 2 saturated heterocycles. The minimum atomic E-state index is 0.0250. The zero-order valence-electron chi connectivity index (χ0n) is 17.2. The molecule has 1 amide bonds. The molecule has 3 aromatic heterocycles. The molecule has 4 aromatic rings. The van der Waals surface area contributed by atoms with E-state index in [1.54, 1.807) is 18.6 Å². The van der Waals surface area contributed by atoms with Crippen molar-refractivity contribution in [1.29, 1.82) is 0 Å². The molecule has 156 valence electrons. The number of amides is 1. The average molecular weight is 414 g/mol. The van der Waals surface area contributed by atoms with Gasteiger partial charge in [0, 0.05) is 37.6 Å². The van der Waals surface area contributed by atoms with Crippen LogP contribution in [0.2, 0.25) is 0 Å². The van der Waals surface area contributed by atoms with E-state index in [1.807, 2.05) is 48.5 Å². The van der Waals surface area contributed by atoms with Crippen molar-refractivity contribution in [2.45, 2.75) is 31.8 Å². The fraction of sp³-hybridized carbons (Fsp3) is 0.318. The quantitative estimate of drug-likeness (QED) is 0.511. The van der Waals surface area contributed by atoms with E-state index in [4.69, 9.17) is 4.98 Å². The van der Waals surface area contributed by atoms with Gasteiger partial charge < -0.3 is 9.80 Å². The lowest BCUT2D eigenvalue weighted by atomic mass is 10.1. The standard InChI is InChI=1S/C22H22N8O/c1-15-26-21(20-12-23-10-11-28(15)20)29-16-6-7-17(29)14-27(13-16)22(31)18-4-2-3-5-19(18)30-24-8-9-25-30/h2-5,8-12,16-17H,6-7,13-14H2,1H3. The Balaban J connectivity index is 1.31. The molecule has 9 heteroatoms. The Kier molecular flexibility index (Phi) is 4.02. The van der Waals surface area contributed by atoms with Crippen LogP contribution >= 0.6 is 0 Å². The summed E-state index contributed by atoms with van der Waals surface area (Å²) in [4.78, 5) is 28.6. The molecule has 2 unspecified atom stereocenters. The third kappa shape index (κ3) is 2.80. The highest BCUT2D eigenvalue weighted by Crippen LogP contribution is 2.37. The maximum absolute atomic E-state index is 13.5.